The van der Waals surface area contributed by atoms with Crippen LogP contribution in [0.3, 0.4) is 0 Å². The van der Waals surface area contributed by atoms with Crippen LogP contribution in [0.15, 0.2) is 35.0 Å². The molecule has 0 atom stereocenters. The fourth-order valence-corrected chi connectivity index (χ4v) is 2.10. The molecular weight excluding hydrogens is 254 g/mol. The van der Waals surface area contributed by atoms with Crippen molar-refractivity contribution in [2.45, 2.75) is 25.9 Å². The number of nitrogens with one attached hydrogen (secondary N) is 1. The van der Waals surface area contributed by atoms with E-state index in [4.69, 9.17) is 9.26 Å². The van der Waals surface area contributed by atoms with Crippen LogP contribution in [-0.2, 0) is 16.8 Å². The van der Waals surface area contributed by atoms with Crippen LogP contribution >= 0.6 is 0 Å². The highest BCUT2D eigenvalue weighted by Crippen LogP contribution is 2.23. The van der Waals surface area contributed by atoms with Gasteiger partial charge in [-0.25, -0.2) is 0 Å². The average Bonchev–Trinajstić information content (AvgIpc) is 3.08. The van der Waals surface area contributed by atoms with Gasteiger partial charge in [0.15, 0.2) is 0 Å². The number of ether oxygens (including phenoxy) is 1. The first-order valence-corrected chi connectivity index (χ1v) is 6.53. The molecule has 0 bridgehead atoms. The van der Waals surface area contributed by atoms with Crippen LogP contribution in [0.5, 0.6) is 0 Å². The number of H-pyrrole nitrogens is 1. The van der Waals surface area contributed by atoms with Crippen molar-refractivity contribution >= 4 is 10.9 Å². The van der Waals surface area contributed by atoms with E-state index in [0.29, 0.717) is 18.1 Å². The SMILES string of the molecule is COC(C)(C)c1noc(Cc2c[nH]c3ccccc23)n1. The number of aromatic nitrogens is 3. The molecule has 2 aromatic heterocycles. The molecule has 0 aliphatic carbocycles. The molecule has 104 valence electrons. The predicted octanol–water partition coefficient (Wildman–Crippen LogP) is 3.02. The molecule has 0 saturated carbocycles. The van der Waals surface area contributed by atoms with Crippen LogP contribution in [0.1, 0.15) is 31.1 Å². The fourth-order valence-electron chi connectivity index (χ4n) is 2.10. The molecule has 1 N–H and O–H groups in total. The molecule has 0 saturated heterocycles. The average molecular weight is 271 g/mol. The van der Waals surface area contributed by atoms with Crippen LogP contribution in [0, 0.1) is 0 Å². The molecule has 5 heteroatoms. The topological polar surface area (TPSA) is 63.9 Å². The largest absolute Gasteiger partial charge is 0.371 e. The molecule has 0 aliphatic rings. The summed E-state index contributed by atoms with van der Waals surface area (Å²) in [5.74, 6) is 1.16. The molecule has 0 spiro atoms. The van der Waals surface area contributed by atoms with Gasteiger partial charge >= 0.3 is 0 Å². The summed E-state index contributed by atoms with van der Waals surface area (Å²) < 4.78 is 10.7. The number of fused-ring (bicyclic) bond motifs is 1. The standard InChI is InChI=1S/C15H17N3O2/c1-15(2,19-3)14-17-13(20-18-14)8-10-9-16-12-7-5-4-6-11(10)12/h4-7,9,16H,8H2,1-3H3. The Kier molecular flexibility index (Phi) is 3.06. The Morgan fingerprint density at radius 2 is 2.10 bits per heavy atom. The summed E-state index contributed by atoms with van der Waals surface area (Å²) in [5, 5.41) is 5.18. The number of hydrogen-bond acceptors (Lipinski definition) is 4. The van der Waals surface area contributed by atoms with Crippen molar-refractivity contribution in [1.82, 2.24) is 15.1 Å². The Morgan fingerprint density at radius 1 is 1.30 bits per heavy atom. The zero-order chi connectivity index (χ0) is 14.2. The lowest BCUT2D eigenvalue weighted by atomic mass is 10.1. The number of aromatic amines is 1. The van der Waals surface area contributed by atoms with E-state index in [2.05, 4.69) is 21.2 Å². The normalized spacial score (nSPS) is 12.2. The first-order chi connectivity index (χ1) is 9.60. The van der Waals surface area contributed by atoms with Crippen LogP contribution in [0.4, 0.5) is 0 Å². The Hall–Kier alpha value is -2.14. The van der Waals surface area contributed by atoms with E-state index < -0.39 is 5.60 Å². The number of para-hydroxylation sites is 1. The van der Waals surface area contributed by atoms with E-state index in [0.717, 1.165) is 11.1 Å². The predicted molar refractivity (Wildman–Crippen MR) is 75.4 cm³/mol. The molecule has 0 amide bonds. The molecule has 1 aromatic carbocycles. The molecule has 0 aliphatic heterocycles. The summed E-state index contributed by atoms with van der Waals surface area (Å²) in [7, 11) is 1.63. The summed E-state index contributed by atoms with van der Waals surface area (Å²) in [4.78, 5) is 7.66. The van der Waals surface area contributed by atoms with E-state index in [-0.39, 0.29) is 0 Å². The van der Waals surface area contributed by atoms with Crippen LogP contribution in [0.25, 0.3) is 10.9 Å². The van der Waals surface area contributed by atoms with Crippen molar-refractivity contribution in [3.63, 3.8) is 0 Å². The molecule has 3 rings (SSSR count). The number of hydrogen-bond donors (Lipinski definition) is 1. The molecule has 2 heterocycles. The second-order valence-electron chi connectivity index (χ2n) is 5.26. The summed E-state index contributed by atoms with van der Waals surface area (Å²) in [5.41, 5.74) is 1.72. The minimum atomic E-state index is -0.540. The molecule has 5 nitrogen and oxygen atoms in total. The fraction of sp³-hybridized carbons (Fsp3) is 0.333. The lowest BCUT2D eigenvalue weighted by molar-refractivity contribution is 0.00973. The minimum absolute atomic E-state index is 0.540. The van der Waals surface area contributed by atoms with Gasteiger partial charge in [0, 0.05) is 24.2 Å². The number of methoxy groups -OCH3 is 1. The zero-order valence-electron chi connectivity index (χ0n) is 11.8. The maximum Gasteiger partial charge on any atom is 0.231 e. The van der Waals surface area contributed by atoms with Gasteiger partial charge < -0.3 is 14.2 Å². The summed E-state index contributed by atoms with van der Waals surface area (Å²) in [6.45, 7) is 3.82. The first-order valence-electron chi connectivity index (χ1n) is 6.53. The van der Waals surface area contributed by atoms with Gasteiger partial charge in [-0.05, 0) is 25.5 Å². The van der Waals surface area contributed by atoms with Crippen molar-refractivity contribution in [1.29, 1.82) is 0 Å². The van der Waals surface area contributed by atoms with Crippen LogP contribution < -0.4 is 0 Å². The number of rotatable bonds is 4. The third-order valence-corrected chi connectivity index (χ3v) is 3.53. The van der Waals surface area contributed by atoms with Crippen molar-refractivity contribution in [2.75, 3.05) is 7.11 Å². The van der Waals surface area contributed by atoms with Gasteiger partial charge in [0.05, 0.1) is 6.42 Å². The Morgan fingerprint density at radius 3 is 2.90 bits per heavy atom. The maximum atomic E-state index is 5.35. The van der Waals surface area contributed by atoms with Crippen molar-refractivity contribution < 1.29 is 9.26 Å². The van der Waals surface area contributed by atoms with Crippen molar-refractivity contribution in [3.8, 4) is 0 Å². The van der Waals surface area contributed by atoms with Gasteiger partial charge in [-0.2, -0.15) is 4.98 Å². The van der Waals surface area contributed by atoms with Gasteiger partial charge in [0.2, 0.25) is 11.7 Å². The zero-order valence-corrected chi connectivity index (χ0v) is 11.8. The maximum absolute atomic E-state index is 5.35. The van der Waals surface area contributed by atoms with Gasteiger partial charge in [-0.3, -0.25) is 0 Å². The summed E-state index contributed by atoms with van der Waals surface area (Å²) >= 11 is 0. The highest BCUT2D eigenvalue weighted by atomic mass is 16.5. The summed E-state index contributed by atoms with van der Waals surface area (Å²) in [6, 6.07) is 8.16. The molecule has 20 heavy (non-hydrogen) atoms. The van der Waals surface area contributed by atoms with Crippen molar-refractivity contribution in [3.05, 3.63) is 47.7 Å². The Bertz CT molecular complexity index is 727. The van der Waals surface area contributed by atoms with Gasteiger partial charge in [-0.1, -0.05) is 23.4 Å². The third kappa shape index (κ3) is 2.20. The second kappa shape index (κ2) is 4.76. The lowest BCUT2D eigenvalue weighted by Gasteiger charge is -2.17. The van der Waals surface area contributed by atoms with E-state index >= 15 is 0 Å². The molecule has 3 aromatic rings. The second-order valence-corrected chi connectivity index (χ2v) is 5.26. The van der Waals surface area contributed by atoms with Crippen LogP contribution in [-0.4, -0.2) is 22.2 Å². The van der Waals surface area contributed by atoms with E-state index in [1.54, 1.807) is 7.11 Å². The number of nitrogens with zero attached hydrogens (tertiary/aromatic N) is 2. The van der Waals surface area contributed by atoms with Gasteiger partial charge in [0.1, 0.15) is 5.60 Å². The minimum Gasteiger partial charge on any atom is -0.371 e. The quantitative estimate of drug-likeness (QED) is 0.792. The monoisotopic (exact) mass is 271 g/mol. The summed E-state index contributed by atoms with van der Waals surface area (Å²) in [6.07, 6.45) is 2.59. The van der Waals surface area contributed by atoms with Gasteiger partial charge in [0.25, 0.3) is 0 Å². The smallest absolute Gasteiger partial charge is 0.231 e. The third-order valence-electron chi connectivity index (χ3n) is 3.53. The van der Waals surface area contributed by atoms with Gasteiger partial charge in [-0.15, -0.1) is 0 Å². The Balaban J connectivity index is 1.88. The van der Waals surface area contributed by atoms with E-state index in [9.17, 15) is 0 Å². The highest BCUT2D eigenvalue weighted by molar-refractivity contribution is 5.83. The molecular formula is C15H17N3O2. The first kappa shape index (κ1) is 12.9. The lowest BCUT2D eigenvalue weighted by Crippen LogP contribution is -2.21. The molecule has 0 radical (unpaired) electrons. The molecule has 0 fully saturated rings. The van der Waals surface area contributed by atoms with E-state index in [1.807, 2.05) is 38.2 Å². The Labute approximate surface area is 117 Å². The highest BCUT2D eigenvalue weighted by Gasteiger charge is 2.26. The van der Waals surface area contributed by atoms with Crippen molar-refractivity contribution in [2.24, 2.45) is 0 Å². The van der Waals surface area contributed by atoms with E-state index in [1.165, 1.54) is 5.39 Å². The number of benzene rings is 1. The van der Waals surface area contributed by atoms with Crippen LogP contribution in [0.2, 0.25) is 0 Å². The molecule has 0 unspecified atom stereocenters.